The van der Waals surface area contributed by atoms with Gasteiger partial charge in [0.1, 0.15) is 0 Å². The summed E-state index contributed by atoms with van der Waals surface area (Å²) in [6.07, 6.45) is -1.73. The van der Waals surface area contributed by atoms with Crippen LogP contribution >= 0.6 is 34.8 Å². The quantitative estimate of drug-likeness (QED) is 0.759. The zero-order valence-electron chi connectivity index (χ0n) is 10.5. The van der Waals surface area contributed by atoms with E-state index in [-0.39, 0.29) is 21.2 Å². The van der Waals surface area contributed by atoms with Crippen LogP contribution in [0, 0.1) is 0 Å². The van der Waals surface area contributed by atoms with Crippen molar-refractivity contribution in [2.45, 2.75) is 6.10 Å². The van der Waals surface area contributed by atoms with Crippen LogP contribution < -0.4 is 0 Å². The molecule has 2 rings (SSSR count). The number of benzene rings is 1. The third-order valence-electron chi connectivity index (χ3n) is 2.84. The summed E-state index contributed by atoms with van der Waals surface area (Å²) in [5.74, 6) is -4.16. The van der Waals surface area contributed by atoms with Crippen molar-refractivity contribution in [1.29, 1.82) is 0 Å². The highest BCUT2D eigenvalue weighted by Gasteiger charge is 2.39. The van der Waals surface area contributed by atoms with Crippen molar-refractivity contribution >= 4 is 52.3 Å². The third-order valence-corrected chi connectivity index (χ3v) is 4.05. The van der Waals surface area contributed by atoms with Crippen LogP contribution in [0.2, 0.25) is 10.0 Å². The predicted octanol–water partition coefficient (Wildman–Crippen LogP) is 3.28. The summed E-state index contributed by atoms with van der Waals surface area (Å²) >= 11 is 17.9. The number of hydrogen-bond acceptors (Lipinski definition) is 4. The molecule has 9 heteroatoms. The number of aliphatic hydroxyl groups is 1. The fourth-order valence-electron chi connectivity index (χ4n) is 1.90. The molecule has 0 aromatic heterocycles. The van der Waals surface area contributed by atoms with Crippen molar-refractivity contribution in [3.8, 4) is 0 Å². The smallest absolute Gasteiger partial charge is 0.349 e. The van der Waals surface area contributed by atoms with Gasteiger partial charge in [-0.2, -0.15) is 0 Å². The van der Waals surface area contributed by atoms with E-state index in [2.05, 4.69) is 0 Å². The maximum absolute atomic E-state index is 11.3. The summed E-state index contributed by atoms with van der Waals surface area (Å²) in [6, 6.07) is 4.36. The topological polar surface area (TPSA) is 104 Å². The van der Waals surface area contributed by atoms with E-state index in [1.165, 1.54) is 18.2 Å². The first-order chi connectivity index (χ1) is 10.3. The summed E-state index contributed by atoms with van der Waals surface area (Å²) in [5.41, 5.74) is -0.875. The molecule has 0 spiro atoms. The minimum absolute atomic E-state index is 0.0155. The maximum atomic E-state index is 11.3. The molecular formula is C13H7Cl3O6. The normalized spacial score (nSPS) is 18.2. The second-order valence-electron chi connectivity index (χ2n) is 4.15. The minimum Gasteiger partial charge on any atom is -0.480 e. The molecule has 3 N–H and O–H groups in total. The maximum Gasteiger partial charge on any atom is 0.349 e. The van der Waals surface area contributed by atoms with Gasteiger partial charge in [0.15, 0.2) is 5.57 Å². The molecule has 1 aromatic carbocycles. The molecule has 0 amide bonds. The molecule has 0 radical (unpaired) electrons. The highest BCUT2D eigenvalue weighted by molar-refractivity contribution is 6.44. The SMILES string of the molecule is O=C(O)C1=C(O)OC(C(=O)O)C(c2cccc(Cl)c2Cl)=C1Cl. The van der Waals surface area contributed by atoms with E-state index in [1.54, 1.807) is 0 Å². The molecule has 1 unspecified atom stereocenters. The van der Waals surface area contributed by atoms with E-state index in [4.69, 9.17) is 44.6 Å². The van der Waals surface area contributed by atoms with Crippen molar-refractivity contribution in [3.05, 3.63) is 50.4 Å². The number of carbonyl (C=O) groups is 2. The predicted molar refractivity (Wildman–Crippen MR) is 79.0 cm³/mol. The van der Waals surface area contributed by atoms with Crippen molar-refractivity contribution < 1.29 is 29.6 Å². The van der Waals surface area contributed by atoms with Crippen LogP contribution in [0.1, 0.15) is 5.56 Å². The second-order valence-corrected chi connectivity index (χ2v) is 5.31. The van der Waals surface area contributed by atoms with E-state index in [0.29, 0.717) is 0 Å². The number of aliphatic carboxylic acids is 2. The summed E-state index contributed by atoms with van der Waals surface area (Å²) in [6.45, 7) is 0. The first kappa shape index (κ1) is 16.5. The molecule has 1 aliphatic rings. The van der Waals surface area contributed by atoms with Crippen LogP contribution in [0.3, 0.4) is 0 Å². The average molecular weight is 366 g/mol. The Morgan fingerprint density at radius 2 is 1.77 bits per heavy atom. The summed E-state index contributed by atoms with van der Waals surface area (Å²) in [5, 5.41) is 27.5. The molecule has 6 nitrogen and oxygen atoms in total. The van der Waals surface area contributed by atoms with Crippen molar-refractivity contribution in [3.63, 3.8) is 0 Å². The molecule has 1 atom stereocenters. The number of carboxylic acid groups (broad SMARTS) is 2. The van der Waals surface area contributed by atoms with Gasteiger partial charge in [-0.05, 0) is 6.07 Å². The van der Waals surface area contributed by atoms with Gasteiger partial charge >= 0.3 is 11.9 Å². The Labute approximate surface area is 138 Å². The monoisotopic (exact) mass is 364 g/mol. The number of rotatable bonds is 3. The van der Waals surface area contributed by atoms with Crippen LogP contribution in [-0.2, 0) is 14.3 Å². The molecule has 0 fully saturated rings. The molecule has 0 aliphatic carbocycles. The van der Waals surface area contributed by atoms with Gasteiger partial charge in [0.05, 0.1) is 15.1 Å². The van der Waals surface area contributed by atoms with Gasteiger partial charge < -0.3 is 20.1 Å². The van der Waals surface area contributed by atoms with Gasteiger partial charge in [-0.25, -0.2) is 9.59 Å². The Bertz CT molecular complexity index is 737. The number of hydrogen-bond donors (Lipinski definition) is 3. The van der Waals surface area contributed by atoms with Gasteiger partial charge in [-0.15, -0.1) is 0 Å². The average Bonchev–Trinajstić information content (AvgIpc) is 2.41. The highest BCUT2D eigenvalue weighted by atomic mass is 35.5. The molecule has 0 saturated heterocycles. The number of aliphatic hydroxyl groups excluding tert-OH is 1. The van der Waals surface area contributed by atoms with E-state index < -0.39 is 34.6 Å². The molecule has 22 heavy (non-hydrogen) atoms. The first-order valence-corrected chi connectivity index (χ1v) is 6.79. The van der Waals surface area contributed by atoms with Crippen LogP contribution in [0.25, 0.3) is 5.57 Å². The third kappa shape index (κ3) is 2.72. The number of halogens is 3. The number of ether oxygens (including phenoxy) is 1. The molecule has 0 saturated carbocycles. The first-order valence-electron chi connectivity index (χ1n) is 5.66. The van der Waals surface area contributed by atoms with Crippen LogP contribution in [0.15, 0.2) is 34.7 Å². The number of carboxylic acids is 2. The minimum atomic E-state index is -1.73. The molecular weight excluding hydrogens is 358 g/mol. The van der Waals surface area contributed by atoms with E-state index in [1.807, 2.05) is 0 Å². The molecule has 1 heterocycles. The van der Waals surface area contributed by atoms with Crippen molar-refractivity contribution in [2.24, 2.45) is 0 Å². The molecule has 1 aliphatic heterocycles. The van der Waals surface area contributed by atoms with Crippen molar-refractivity contribution in [1.82, 2.24) is 0 Å². The van der Waals surface area contributed by atoms with E-state index >= 15 is 0 Å². The lowest BCUT2D eigenvalue weighted by atomic mass is 9.95. The van der Waals surface area contributed by atoms with Gasteiger partial charge in [0.25, 0.3) is 5.95 Å². The van der Waals surface area contributed by atoms with Gasteiger partial charge in [0.2, 0.25) is 6.10 Å². The zero-order valence-corrected chi connectivity index (χ0v) is 12.8. The second kappa shape index (κ2) is 6.08. The fourth-order valence-corrected chi connectivity index (χ4v) is 2.67. The fraction of sp³-hybridized carbons (Fsp3) is 0.0769. The van der Waals surface area contributed by atoms with Crippen molar-refractivity contribution in [2.75, 3.05) is 0 Å². The summed E-state index contributed by atoms with van der Waals surface area (Å²) in [4.78, 5) is 22.5. The molecule has 1 aromatic rings. The van der Waals surface area contributed by atoms with E-state index in [0.717, 1.165) is 0 Å². The Hall–Kier alpha value is -1.89. The molecule has 0 bridgehead atoms. The van der Waals surface area contributed by atoms with Gasteiger partial charge in [-0.1, -0.05) is 46.9 Å². The summed E-state index contributed by atoms with van der Waals surface area (Å²) in [7, 11) is 0. The standard InChI is InChI=1S/C13H7Cl3O6/c14-5-3-1-2-4(8(5)15)6-9(16)7(11(17)18)13(21)22-10(6)12(19)20/h1-3,10,21H,(H,17,18)(H,19,20). The highest BCUT2D eigenvalue weighted by Crippen LogP contribution is 2.41. The lowest BCUT2D eigenvalue weighted by Crippen LogP contribution is -2.31. The molecule has 116 valence electrons. The summed E-state index contributed by atoms with van der Waals surface area (Å²) < 4.78 is 4.76. The van der Waals surface area contributed by atoms with Crippen LogP contribution in [0.4, 0.5) is 0 Å². The van der Waals surface area contributed by atoms with E-state index in [9.17, 15) is 19.8 Å². The van der Waals surface area contributed by atoms with Crippen LogP contribution in [-0.4, -0.2) is 33.4 Å². The van der Waals surface area contributed by atoms with Crippen LogP contribution in [0.5, 0.6) is 0 Å². The Balaban J connectivity index is 2.78. The zero-order chi connectivity index (χ0) is 16.6. The lowest BCUT2D eigenvalue weighted by Gasteiger charge is -2.25. The lowest BCUT2D eigenvalue weighted by molar-refractivity contribution is -0.147. The Morgan fingerprint density at radius 1 is 1.14 bits per heavy atom. The van der Waals surface area contributed by atoms with Gasteiger partial charge in [-0.3, -0.25) is 0 Å². The Kier molecular flexibility index (Phi) is 4.55. The largest absolute Gasteiger partial charge is 0.480 e. The van der Waals surface area contributed by atoms with Gasteiger partial charge in [0, 0.05) is 11.1 Å². The Morgan fingerprint density at radius 3 is 2.32 bits per heavy atom.